The summed E-state index contributed by atoms with van der Waals surface area (Å²) in [5, 5.41) is 7.87. The van der Waals surface area contributed by atoms with E-state index in [0.29, 0.717) is 23.3 Å². The normalized spacial score (nSPS) is 16.1. The second-order valence-electron chi connectivity index (χ2n) is 8.63. The zero-order chi connectivity index (χ0) is 22.7. The molecule has 0 spiro atoms. The Kier molecular flexibility index (Phi) is 6.92. The Labute approximate surface area is 194 Å². The van der Waals surface area contributed by atoms with E-state index in [4.69, 9.17) is 16.1 Å². The Morgan fingerprint density at radius 3 is 2.69 bits per heavy atom. The Hall–Kier alpha value is -2.70. The molecular weight excluding hydrogens is 424 g/mol. The van der Waals surface area contributed by atoms with Crippen LogP contribution in [0.15, 0.2) is 47.0 Å². The molecule has 1 saturated heterocycles. The molecule has 1 aromatic heterocycles. The maximum atomic E-state index is 12.8. The molecule has 2 aromatic carbocycles. The molecule has 1 aliphatic heterocycles. The first-order valence-electron chi connectivity index (χ1n) is 11.1. The Balaban J connectivity index is 1.29. The van der Waals surface area contributed by atoms with Gasteiger partial charge in [0.15, 0.2) is 0 Å². The number of piperidine rings is 1. The molecule has 0 aliphatic carbocycles. The van der Waals surface area contributed by atoms with Crippen molar-refractivity contribution in [1.82, 2.24) is 20.4 Å². The lowest BCUT2D eigenvalue weighted by atomic mass is 9.94. The highest BCUT2D eigenvalue weighted by Crippen LogP contribution is 2.26. The van der Waals surface area contributed by atoms with Crippen LogP contribution >= 0.6 is 11.6 Å². The first kappa shape index (κ1) is 22.5. The second kappa shape index (κ2) is 9.84. The summed E-state index contributed by atoms with van der Waals surface area (Å²) in [5.41, 5.74) is 4.38. The van der Waals surface area contributed by atoms with Crippen molar-refractivity contribution in [3.8, 4) is 11.4 Å². The van der Waals surface area contributed by atoms with Crippen molar-refractivity contribution >= 4 is 17.5 Å². The molecule has 168 valence electrons. The summed E-state index contributed by atoms with van der Waals surface area (Å²) in [6.45, 7) is 8.44. The number of aryl methyl sites for hydroxylation is 2. The number of benzene rings is 2. The average molecular weight is 453 g/mol. The van der Waals surface area contributed by atoms with Gasteiger partial charge < -0.3 is 9.84 Å². The van der Waals surface area contributed by atoms with Gasteiger partial charge in [0.1, 0.15) is 0 Å². The number of nitrogens with one attached hydrogen (secondary N) is 1. The van der Waals surface area contributed by atoms with Gasteiger partial charge in [-0.05, 0) is 70.0 Å². The lowest BCUT2D eigenvalue weighted by Gasteiger charge is -2.31. The fourth-order valence-corrected chi connectivity index (χ4v) is 4.56. The van der Waals surface area contributed by atoms with E-state index in [2.05, 4.69) is 59.3 Å². The van der Waals surface area contributed by atoms with Crippen LogP contribution in [0.25, 0.3) is 11.4 Å². The van der Waals surface area contributed by atoms with Gasteiger partial charge in [0.05, 0.1) is 17.6 Å². The van der Waals surface area contributed by atoms with Gasteiger partial charge in [-0.3, -0.25) is 9.69 Å². The van der Waals surface area contributed by atoms with Gasteiger partial charge in [-0.1, -0.05) is 52.7 Å². The lowest BCUT2D eigenvalue weighted by molar-refractivity contribution is -0.127. The topological polar surface area (TPSA) is 71.3 Å². The Bertz CT molecular complexity index is 1090. The third-order valence-electron chi connectivity index (χ3n) is 6.15. The van der Waals surface area contributed by atoms with Crippen molar-refractivity contribution in [3.63, 3.8) is 0 Å². The first-order valence-corrected chi connectivity index (χ1v) is 11.5. The number of amides is 1. The highest BCUT2D eigenvalue weighted by molar-refractivity contribution is 6.33. The van der Waals surface area contributed by atoms with Gasteiger partial charge in [-0.25, -0.2) is 0 Å². The van der Waals surface area contributed by atoms with E-state index < -0.39 is 0 Å². The zero-order valence-corrected chi connectivity index (χ0v) is 19.5. The zero-order valence-electron chi connectivity index (χ0n) is 18.8. The molecule has 1 aliphatic rings. The fourth-order valence-electron chi connectivity index (χ4n) is 4.34. The number of carbonyl (C=O) groups is 1. The molecule has 4 rings (SSSR count). The minimum absolute atomic E-state index is 0.00255. The monoisotopic (exact) mass is 452 g/mol. The molecule has 7 heteroatoms. The van der Waals surface area contributed by atoms with E-state index in [-0.39, 0.29) is 17.9 Å². The molecular formula is C25H29ClN4O2. The van der Waals surface area contributed by atoms with E-state index in [1.54, 1.807) is 0 Å². The summed E-state index contributed by atoms with van der Waals surface area (Å²) in [6.07, 6.45) is 1.63. The largest absolute Gasteiger partial charge is 0.349 e. The van der Waals surface area contributed by atoms with Crippen molar-refractivity contribution in [2.45, 2.75) is 46.2 Å². The van der Waals surface area contributed by atoms with E-state index >= 15 is 0 Å². The third kappa shape index (κ3) is 5.19. The van der Waals surface area contributed by atoms with E-state index in [9.17, 15) is 4.79 Å². The number of aromatic nitrogens is 2. The van der Waals surface area contributed by atoms with Crippen molar-refractivity contribution in [2.75, 3.05) is 13.1 Å². The second-order valence-corrected chi connectivity index (χ2v) is 9.04. The highest BCUT2D eigenvalue weighted by Gasteiger charge is 2.27. The molecule has 0 bridgehead atoms. The molecule has 0 saturated carbocycles. The molecule has 3 aromatic rings. The van der Waals surface area contributed by atoms with E-state index in [0.717, 1.165) is 31.5 Å². The van der Waals surface area contributed by atoms with Crippen LogP contribution in [0.1, 0.15) is 48.4 Å². The van der Waals surface area contributed by atoms with Crippen LogP contribution in [0.3, 0.4) is 0 Å². The number of nitrogens with zero attached hydrogens (tertiary/aromatic N) is 3. The van der Waals surface area contributed by atoms with Crippen molar-refractivity contribution in [3.05, 3.63) is 70.1 Å². The van der Waals surface area contributed by atoms with Crippen LogP contribution in [0.4, 0.5) is 0 Å². The number of halogens is 1. The van der Waals surface area contributed by atoms with Crippen LogP contribution in [0.5, 0.6) is 0 Å². The Morgan fingerprint density at radius 1 is 1.22 bits per heavy atom. The fraction of sp³-hybridized carbons (Fsp3) is 0.400. The van der Waals surface area contributed by atoms with Crippen molar-refractivity contribution < 1.29 is 9.32 Å². The number of likely N-dealkylation sites (tertiary alicyclic amines) is 1. The minimum Gasteiger partial charge on any atom is -0.349 e. The van der Waals surface area contributed by atoms with Gasteiger partial charge in [-0.15, -0.1) is 0 Å². The molecule has 1 fully saturated rings. The molecule has 1 unspecified atom stereocenters. The minimum atomic E-state index is 0.00255. The highest BCUT2D eigenvalue weighted by atomic mass is 35.5. The summed E-state index contributed by atoms with van der Waals surface area (Å²) >= 11 is 6.23. The quantitative estimate of drug-likeness (QED) is 0.563. The number of carbonyl (C=O) groups excluding carboxylic acids is 1. The predicted octanol–water partition coefficient (Wildman–Crippen LogP) is 5.10. The number of hydrogen-bond donors (Lipinski definition) is 1. The van der Waals surface area contributed by atoms with Crippen LogP contribution in [-0.4, -0.2) is 34.0 Å². The number of hydrogen-bond acceptors (Lipinski definition) is 5. The van der Waals surface area contributed by atoms with Crippen molar-refractivity contribution in [1.29, 1.82) is 0 Å². The molecule has 1 amide bonds. The summed E-state index contributed by atoms with van der Waals surface area (Å²) < 4.78 is 5.43. The van der Waals surface area contributed by atoms with Gasteiger partial charge >= 0.3 is 0 Å². The summed E-state index contributed by atoms with van der Waals surface area (Å²) in [7, 11) is 0. The van der Waals surface area contributed by atoms with Gasteiger partial charge in [0.25, 0.3) is 0 Å². The van der Waals surface area contributed by atoms with Crippen LogP contribution in [-0.2, 0) is 11.3 Å². The third-order valence-corrected chi connectivity index (χ3v) is 6.48. The van der Waals surface area contributed by atoms with E-state index in [1.165, 1.54) is 16.7 Å². The maximum absolute atomic E-state index is 12.8. The molecule has 0 radical (unpaired) electrons. The average Bonchev–Trinajstić information content (AvgIpc) is 3.22. The smallest absolute Gasteiger partial charge is 0.241 e. The number of rotatable bonds is 6. The van der Waals surface area contributed by atoms with Gasteiger partial charge in [0, 0.05) is 11.5 Å². The molecule has 1 atom stereocenters. The molecule has 6 nitrogen and oxygen atoms in total. The maximum Gasteiger partial charge on any atom is 0.241 e. The summed E-state index contributed by atoms with van der Waals surface area (Å²) in [4.78, 5) is 19.6. The van der Waals surface area contributed by atoms with E-state index in [1.807, 2.05) is 24.3 Å². The lowest BCUT2D eigenvalue weighted by Crippen LogP contribution is -2.41. The molecule has 32 heavy (non-hydrogen) atoms. The predicted molar refractivity (Wildman–Crippen MR) is 125 cm³/mol. The Morgan fingerprint density at radius 2 is 1.97 bits per heavy atom. The van der Waals surface area contributed by atoms with Crippen LogP contribution in [0.2, 0.25) is 5.02 Å². The standard InChI is InChI=1S/C25H29ClN4O2/c1-16-8-9-20(17(2)14-16)18(3)27-25(31)19-10-12-30(13-11-19)15-23-28-24(29-32-23)21-6-4-5-7-22(21)26/h4-9,14,18-19H,10-13,15H2,1-3H3,(H,27,31). The summed E-state index contributed by atoms with van der Waals surface area (Å²) in [5.74, 6) is 1.23. The van der Waals surface area contributed by atoms with Crippen molar-refractivity contribution in [2.24, 2.45) is 5.92 Å². The summed E-state index contributed by atoms with van der Waals surface area (Å²) in [6, 6.07) is 13.8. The molecule has 2 heterocycles. The van der Waals surface area contributed by atoms with Gasteiger partial charge in [-0.2, -0.15) is 4.98 Å². The van der Waals surface area contributed by atoms with Crippen LogP contribution < -0.4 is 5.32 Å². The first-order chi connectivity index (χ1) is 15.4. The van der Waals surface area contributed by atoms with Crippen LogP contribution in [0, 0.1) is 19.8 Å². The SMILES string of the molecule is Cc1ccc(C(C)NC(=O)C2CCN(Cc3nc(-c4ccccc4Cl)no3)CC2)c(C)c1. The molecule has 1 N–H and O–H groups in total. The van der Waals surface area contributed by atoms with Gasteiger partial charge in [0.2, 0.25) is 17.6 Å².